The quantitative estimate of drug-likeness (QED) is 0.713. The van der Waals surface area contributed by atoms with Crippen LogP contribution in [-0.4, -0.2) is 18.8 Å². The van der Waals surface area contributed by atoms with E-state index in [1.807, 2.05) is 13.2 Å². The largest absolute Gasteiger partial charge is 0.496 e. The van der Waals surface area contributed by atoms with Crippen molar-refractivity contribution < 1.29 is 9.84 Å². The molecule has 1 N–H and O–H groups in total. The Balaban J connectivity index is 1.52. The van der Waals surface area contributed by atoms with Gasteiger partial charge in [0.2, 0.25) is 0 Å². The van der Waals surface area contributed by atoms with Crippen LogP contribution in [0.3, 0.4) is 0 Å². The molecule has 2 aromatic carbocycles. The van der Waals surface area contributed by atoms with Gasteiger partial charge in [-0.3, -0.25) is 0 Å². The highest BCUT2D eigenvalue weighted by molar-refractivity contribution is 5.68. The Hall–Kier alpha value is -2.06. The molecule has 0 atom stereocenters. The highest BCUT2D eigenvalue weighted by atomic mass is 16.5. The molecule has 4 aliphatic rings. The summed E-state index contributed by atoms with van der Waals surface area (Å²) in [6.07, 6.45) is 12.2. The number of benzene rings is 2. The van der Waals surface area contributed by atoms with E-state index in [2.05, 4.69) is 42.5 Å². The molecule has 0 amide bonds. The van der Waals surface area contributed by atoms with E-state index in [1.54, 1.807) is 6.08 Å². The summed E-state index contributed by atoms with van der Waals surface area (Å²) in [5, 5.41) is 8.96. The van der Waals surface area contributed by atoms with Gasteiger partial charge in [-0.05, 0) is 90.5 Å². The maximum atomic E-state index is 8.96. The summed E-state index contributed by atoms with van der Waals surface area (Å²) >= 11 is 0. The van der Waals surface area contributed by atoms with Crippen molar-refractivity contribution in [3.63, 3.8) is 0 Å². The molecule has 0 heterocycles. The fourth-order valence-corrected chi connectivity index (χ4v) is 6.72. The zero-order chi connectivity index (χ0) is 19.1. The van der Waals surface area contributed by atoms with E-state index in [1.165, 1.54) is 55.2 Å². The number of hydrogen-bond donors (Lipinski definition) is 1. The Bertz CT molecular complexity index is 843. The molecule has 6 rings (SSSR count). The monoisotopic (exact) mass is 374 g/mol. The second-order valence-corrected chi connectivity index (χ2v) is 9.32. The number of aliphatic hydroxyl groups is 1. The van der Waals surface area contributed by atoms with Crippen LogP contribution in [0, 0.1) is 17.8 Å². The zero-order valence-electron chi connectivity index (χ0n) is 16.7. The predicted molar refractivity (Wildman–Crippen MR) is 114 cm³/mol. The van der Waals surface area contributed by atoms with Crippen LogP contribution in [0.1, 0.15) is 49.7 Å². The summed E-state index contributed by atoms with van der Waals surface area (Å²) in [6.45, 7) is 0.0780. The summed E-state index contributed by atoms with van der Waals surface area (Å²) in [5.41, 5.74) is 5.43. The van der Waals surface area contributed by atoms with Crippen molar-refractivity contribution in [1.29, 1.82) is 0 Å². The molecule has 2 heteroatoms. The number of rotatable bonds is 5. The van der Waals surface area contributed by atoms with Gasteiger partial charge in [0.25, 0.3) is 0 Å². The molecular formula is C26H30O2. The van der Waals surface area contributed by atoms with Crippen molar-refractivity contribution in [3.05, 3.63) is 59.7 Å². The van der Waals surface area contributed by atoms with Crippen LogP contribution >= 0.6 is 0 Å². The number of methoxy groups -OCH3 is 1. The minimum Gasteiger partial charge on any atom is -0.496 e. The Labute approximate surface area is 168 Å². The lowest BCUT2D eigenvalue weighted by Crippen LogP contribution is -2.48. The van der Waals surface area contributed by atoms with Gasteiger partial charge < -0.3 is 9.84 Å². The number of hydrogen-bond acceptors (Lipinski definition) is 2. The second-order valence-electron chi connectivity index (χ2n) is 9.32. The number of aliphatic hydroxyl groups excluding tert-OH is 1. The third kappa shape index (κ3) is 3.08. The van der Waals surface area contributed by atoms with Gasteiger partial charge in [-0.15, -0.1) is 0 Å². The highest BCUT2D eigenvalue weighted by Crippen LogP contribution is 2.62. The van der Waals surface area contributed by atoms with Crippen LogP contribution in [0.5, 0.6) is 5.75 Å². The first-order valence-electron chi connectivity index (χ1n) is 10.8. The minimum absolute atomic E-state index is 0.0780. The van der Waals surface area contributed by atoms with Gasteiger partial charge in [-0.1, -0.05) is 42.5 Å². The van der Waals surface area contributed by atoms with Gasteiger partial charge in [0.05, 0.1) is 13.7 Å². The van der Waals surface area contributed by atoms with Crippen molar-refractivity contribution in [2.75, 3.05) is 13.7 Å². The van der Waals surface area contributed by atoms with Crippen LogP contribution in [0.25, 0.3) is 17.2 Å². The van der Waals surface area contributed by atoms with Crippen molar-refractivity contribution >= 4 is 6.08 Å². The van der Waals surface area contributed by atoms with Crippen LogP contribution < -0.4 is 4.74 Å². The maximum absolute atomic E-state index is 8.96. The molecule has 0 unspecified atom stereocenters. The molecule has 146 valence electrons. The zero-order valence-corrected chi connectivity index (χ0v) is 16.7. The molecule has 0 saturated heterocycles. The predicted octanol–water partition coefficient (Wildman–Crippen LogP) is 5.84. The average Bonchev–Trinajstić information content (AvgIpc) is 2.71. The van der Waals surface area contributed by atoms with Crippen molar-refractivity contribution in [2.24, 2.45) is 17.8 Å². The molecule has 28 heavy (non-hydrogen) atoms. The Morgan fingerprint density at radius 1 is 0.929 bits per heavy atom. The molecule has 0 radical (unpaired) electrons. The first-order chi connectivity index (χ1) is 13.7. The molecule has 4 bridgehead atoms. The lowest BCUT2D eigenvalue weighted by molar-refractivity contribution is -0.00613. The maximum Gasteiger partial charge on any atom is 0.122 e. The van der Waals surface area contributed by atoms with Crippen LogP contribution in [0.15, 0.2) is 48.5 Å². The van der Waals surface area contributed by atoms with E-state index >= 15 is 0 Å². The summed E-state index contributed by atoms with van der Waals surface area (Å²) < 4.78 is 5.86. The smallest absolute Gasteiger partial charge is 0.122 e. The third-order valence-electron chi connectivity index (χ3n) is 7.47. The fraction of sp³-hybridized carbons (Fsp3) is 0.462. The summed E-state index contributed by atoms with van der Waals surface area (Å²) in [6, 6.07) is 15.4. The molecular weight excluding hydrogens is 344 g/mol. The topological polar surface area (TPSA) is 29.5 Å². The van der Waals surface area contributed by atoms with Crippen molar-refractivity contribution in [2.45, 2.75) is 43.9 Å². The Kier molecular flexibility index (Phi) is 4.55. The van der Waals surface area contributed by atoms with E-state index in [4.69, 9.17) is 9.84 Å². The summed E-state index contributed by atoms with van der Waals surface area (Å²) in [5.74, 6) is 3.86. The second kappa shape index (κ2) is 7.08. The van der Waals surface area contributed by atoms with E-state index in [-0.39, 0.29) is 6.61 Å². The van der Waals surface area contributed by atoms with E-state index in [0.717, 1.165) is 29.1 Å². The van der Waals surface area contributed by atoms with Crippen LogP contribution in [0.2, 0.25) is 0 Å². The van der Waals surface area contributed by atoms with Crippen molar-refractivity contribution in [3.8, 4) is 16.9 Å². The van der Waals surface area contributed by atoms with Gasteiger partial charge in [-0.25, -0.2) is 0 Å². The molecule has 0 aromatic heterocycles. The summed E-state index contributed by atoms with van der Waals surface area (Å²) in [4.78, 5) is 0. The van der Waals surface area contributed by atoms with Gasteiger partial charge in [0.1, 0.15) is 5.75 Å². The normalized spacial score (nSPS) is 30.9. The van der Waals surface area contributed by atoms with Gasteiger partial charge in [0, 0.05) is 5.56 Å². The van der Waals surface area contributed by atoms with E-state index < -0.39 is 0 Å². The van der Waals surface area contributed by atoms with Crippen LogP contribution in [0.4, 0.5) is 0 Å². The highest BCUT2D eigenvalue weighted by Gasteiger charge is 2.52. The summed E-state index contributed by atoms with van der Waals surface area (Å²) in [7, 11) is 1.82. The fourth-order valence-electron chi connectivity index (χ4n) is 6.72. The SMILES string of the molecule is COc1ccc(-c2ccc(/C=C/CO)cc2)cc1C12CC3CC(CC(C3)C1)C2. The molecule has 0 spiro atoms. The standard InChI is InChI=1S/C26H30O2/c1-28-25-9-8-23(22-6-4-18(5-7-22)3-2-10-27)14-24(25)26-15-19-11-20(16-26)13-21(12-19)17-26/h2-9,14,19-21,27H,10-13,15-17H2,1H3/b3-2+. The van der Waals surface area contributed by atoms with Crippen LogP contribution in [-0.2, 0) is 5.41 Å². The first-order valence-corrected chi connectivity index (χ1v) is 10.8. The van der Waals surface area contributed by atoms with Gasteiger partial charge >= 0.3 is 0 Å². The molecule has 4 saturated carbocycles. The Morgan fingerprint density at radius 2 is 1.54 bits per heavy atom. The van der Waals surface area contributed by atoms with Gasteiger partial charge in [-0.2, -0.15) is 0 Å². The van der Waals surface area contributed by atoms with Crippen molar-refractivity contribution in [1.82, 2.24) is 0 Å². The average molecular weight is 375 g/mol. The lowest BCUT2D eigenvalue weighted by atomic mass is 9.48. The first kappa shape index (κ1) is 18.0. The lowest BCUT2D eigenvalue weighted by Gasteiger charge is -2.57. The molecule has 2 aromatic rings. The van der Waals surface area contributed by atoms with Gasteiger partial charge in [0.15, 0.2) is 0 Å². The molecule has 4 fully saturated rings. The van der Waals surface area contributed by atoms with E-state index in [9.17, 15) is 0 Å². The van der Waals surface area contributed by atoms with E-state index in [0.29, 0.717) is 5.41 Å². The number of ether oxygens (including phenoxy) is 1. The molecule has 4 aliphatic carbocycles. The molecule has 0 aliphatic heterocycles. The molecule has 2 nitrogen and oxygen atoms in total. The minimum atomic E-state index is 0.0780. The third-order valence-corrected chi connectivity index (χ3v) is 7.47. The Morgan fingerprint density at radius 3 is 2.11 bits per heavy atom.